The number of nitrogens with two attached hydrogens (primary N) is 1. The molecule has 1 saturated carbocycles. The van der Waals surface area contributed by atoms with Crippen LogP contribution >= 0.6 is 0 Å². The van der Waals surface area contributed by atoms with E-state index in [1.54, 1.807) is 6.07 Å². The van der Waals surface area contributed by atoms with Gasteiger partial charge in [0.2, 0.25) is 0 Å². The Balaban J connectivity index is 2.03. The van der Waals surface area contributed by atoms with Gasteiger partial charge in [0.15, 0.2) is 0 Å². The van der Waals surface area contributed by atoms with Crippen LogP contribution < -0.4 is 5.73 Å². The SMILES string of the molecule is CCOC(=O)c1ccc(CC2CCCCCC2)c(N)c1. The molecular weight excluding hydrogens is 250 g/mol. The Kier molecular flexibility index (Phi) is 5.45. The van der Waals surface area contributed by atoms with Gasteiger partial charge in [0.1, 0.15) is 0 Å². The molecule has 2 rings (SSSR count). The van der Waals surface area contributed by atoms with Gasteiger partial charge in [-0.3, -0.25) is 0 Å². The number of hydrogen-bond donors (Lipinski definition) is 1. The lowest BCUT2D eigenvalue weighted by Gasteiger charge is -2.15. The van der Waals surface area contributed by atoms with Crippen LogP contribution in [0.4, 0.5) is 5.69 Å². The standard InChI is InChI=1S/C17H25NO2/c1-2-20-17(19)15-10-9-14(16(18)12-15)11-13-7-5-3-4-6-8-13/h9-10,12-13H,2-8,11,18H2,1H3. The first-order chi connectivity index (χ1) is 9.70. The fraction of sp³-hybridized carbons (Fsp3) is 0.588. The van der Waals surface area contributed by atoms with Crippen LogP contribution in [0.3, 0.4) is 0 Å². The molecule has 1 aromatic carbocycles. The molecule has 0 aromatic heterocycles. The summed E-state index contributed by atoms with van der Waals surface area (Å²) in [6, 6.07) is 5.58. The van der Waals surface area contributed by atoms with E-state index in [0.717, 1.165) is 18.0 Å². The van der Waals surface area contributed by atoms with Crippen molar-refractivity contribution < 1.29 is 9.53 Å². The molecule has 0 saturated heterocycles. The summed E-state index contributed by atoms with van der Waals surface area (Å²) in [5.41, 5.74) is 8.55. The van der Waals surface area contributed by atoms with E-state index in [1.165, 1.54) is 44.1 Å². The quantitative estimate of drug-likeness (QED) is 0.514. The zero-order valence-electron chi connectivity index (χ0n) is 12.4. The first kappa shape index (κ1) is 14.9. The fourth-order valence-corrected chi connectivity index (χ4v) is 3.00. The van der Waals surface area contributed by atoms with E-state index in [-0.39, 0.29) is 5.97 Å². The largest absolute Gasteiger partial charge is 0.462 e. The molecule has 1 fully saturated rings. The predicted molar refractivity (Wildman–Crippen MR) is 81.7 cm³/mol. The molecule has 1 aliphatic rings. The summed E-state index contributed by atoms with van der Waals surface area (Å²) in [7, 11) is 0. The van der Waals surface area contributed by atoms with Gasteiger partial charge in [0.25, 0.3) is 0 Å². The number of nitrogen functional groups attached to an aromatic ring is 1. The summed E-state index contributed by atoms with van der Waals surface area (Å²) in [6.45, 7) is 2.20. The second-order valence-electron chi connectivity index (χ2n) is 5.70. The van der Waals surface area contributed by atoms with Crippen molar-refractivity contribution in [1.29, 1.82) is 0 Å². The Bertz CT molecular complexity index is 448. The number of carbonyl (C=O) groups is 1. The van der Waals surface area contributed by atoms with Crippen LogP contribution in [0, 0.1) is 5.92 Å². The second kappa shape index (κ2) is 7.32. The molecule has 3 heteroatoms. The average Bonchev–Trinajstić information content (AvgIpc) is 2.70. The van der Waals surface area contributed by atoms with Gasteiger partial charge in [0.05, 0.1) is 12.2 Å². The molecule has 0 aliphatic heterocycles. The monoisotopic (exact) mass is 275 g/mol. The smallest absolute Gasteiger partial charge is 0.338 e. The van der Waals surface area contributed by atoms with Crippen molar-refractivity contribution in [3.63, 3.8) is 0 Å². The first-order valence-electron chi connectivity index (χ1n) is 7.76. The van der Waals surface area contributed by atoms with E-state index >= 15 is 0 Å². The average molecular weight is 275 g/mol. The predicted octanol–water partition coefficient (Wildman–Crippen LogP) is 3.96. The molecule has 0 radical (unpaired) electrons. The molecule has 0 heterocycles. The maximum atomic E-state index is 11.7. The molecule has 0 unspecified atom stereocenters. The minimum atomic E-state index is -0.291. The Hall–Kier alpha value is -1.51. The van der Waals surface area contributed by atoms with Crippen molar-refractivity contribution in [1.82, 2.24) is 0 Å². The first-order valence-corrected chi connectivity index (χ1v) is 7.76. The molecule has 0 bridgehead atoms. The van der Waals surface area contributed by atoms with Gasteiger partial charge in [-0.1, -0.05) is 44.6 Å². The molecule has 1 aliphatic carbocycles. The van der Waals surface area contributed by atoms with Gasteiger partial charge in [0, 0.05) is 5.69 Å². The molecule has 3 nitrogen and oxygen atoms in total. The van der Waals surface area contributed by atoms with Gasteiger partial charge in [-0.05, 0) is 37.0 Å². The number of hydrogen-bond acceptors (Lipinski definition) is 3. The number of benzene rings is 1. The van der Waals surface area contributed by atoms with E-state index in [9.17, 15) is 4.79 Å². The van der Waals surface area contributed by atoms with E-state index in [0.29, 0.717) is 12.2 Å². The van der Waals surface area contributed by atoms with Gasteiger partial charge >= 0.3 is 5.97 Å². The number of ether oxygens (including phenoxy) is 1. The van der Waals surface area contributed by atoms with E-state index in [2.05, 4.69) is 0 Å². The minimum Gasteiger partial charge on any atom is -0.462 e. The molecular formula is C17H25NO2. The summed E-state index contributed by atoms with van der Waals surface area (Å²) in [5.74, 6) is 0.452. The highest BCUT2D eigenvalue weighted by Crippen LogP contribution is 2.28. The second-order valence-corrected chi connectivity index (χ2v) is 5.70. The van der Waals surface area contributed by atoms with Gasteiger partial charge in [-0.25, -0.2) is 4.79 Å². The van der Waals surface area contributed by atoms with Crippen molar-refractivity contribution in [2.75, 3.05) is 12.3 Å². The summed E-state index contributed by atoms with van der Waals surface area (Å²) in [6.07, 6.45) is 9.06. The van der Waals surface area contributed by atoms with Crippen LogP contribution in [-0.2, 0) is 11.2 Å². The van der Waals surface area contributed by atoms with Crippen LogP contribution in [0.25, 0.3) is 0 Å². The molecule has 0 amide bonds. The number of rotatable bonds is 4. The molecule has 110 valence electrons. The molecule has 1 aromatic rings. The molecule has 0 spiro atoms. The molecule has 2 N–H and O–H groups in total. The van der Waals surface area contributed by atoms with Gasteiger partial charge in [-0.15, -0.1) is 0 Å². The van der Waals surface area contributed by atoms with Crippen molar-refractivity contribution in [2.45, 2.75) is 51.9 Å². The maximum absolute atomic E-state index is 11.7. The van der Waals surface area contributed by atoms with E-state index < -0.39 is 0 Å². The van der Waals surface area contributed by atoms with Crippen LogP contribution in [0.5, 0.6) is 0 Å². The fourth-order valence-electron chi connectivity index (χ4n) is 3.00. The van der Waals surface area contributed by atoms with E-state index in [4.69, 9.17) is 10.5 Å². The maximum Gasteiger partial charge on any atom is 0.338 e. The van der Waals surface area contributed by atoms with Crippen molar-refractivity contribution >= 4 is 11.7 Å². The van der Waals surface area contributed by atoms with E-state index in [1.807, 2.05) is 19.1 Å². The lowest BCUT2D eigenvalue weighted by atomic mass is 9.91. The van der Waals surface area contributed by atoms with Gasteiger partial charge in [-0.2, -0.15) is 0 Å². The minimum absolute atomic E-state index is 0.291. The number of esters is 1. The summed E-state index contributed by atoms with van der Waals surface area (Å²) < 4.78 is 4.99. The van der Waals surface area contributed by atoms with Crippen molar-refractivity contribution in [3.8, 4) is 0 Å². The highest BCUT2D eigenvalue weighted by atomic mass is 16.5. The Morgan fingerprint density at radius 3 is 2.55 bits per heavy atom. The summed E-state index contributed by atoms with van der Waals surface area (Å²) >= 11 is 0. The Morgan fingerprint density at radius 1 is 1.25 bits per heavy atom. The molecule has 0 atom stereocenters. The summed E-state index contributed by atoms with van der Waals surface area (Å²) in [4.78, 5) is 11.7. The number of carbonyl (C=O) groups excluding carboxylic acids is 1. The van der Waals surface area contributed by atoms with Crippen molar-refractivity contribution in [3.05, 3.63) is 29.3 Å². The third-order valence-corrected chi connectivity index (χ3v) is 4.14. The zero-order chi connectivity index (χ0) is 14.4. The van der Waals surface area contributed by atoms with Crippen LogP contribution in [0.1, 0.15) is 61.4 Å². The van der Waals surface area contributed by atoms with Gasteiger partial charge < -0.3 is 10.5 Å². The highest BCUT2D eigenvalue weighted by Gasteiger charge is 2.15. The summed E-state index contributed by atoms with van der Waals surface area (Å²) in [5, 5.41) is 0. The topological polar surface area (TPSA) is 52.3 Å². The number of anilines is 1. The lowest BCUT2D eigenvalue weighted by molar-refractivity contribution is 0.0526. The normalized spacial score (nSPS) is 16.6. The van der Waals surface area contributed by atoms with Crippen molar-refractivity contribution in [2.24, 2.45) is 5.92 Å². The Morgan fingerprint density at radius 2 is 1.95 bits per heavy atom. The van der Waals surface area contributed by atoms with Crippen LogP contribution in [-0.4, -0.2) is 12.6 Å². The zero-order valence-corrected chi connectivity index (χ0v) is 12.4. The third kappa shape index (κ3) is 3.99. The molecule has 20 heavy (non-hydrogen) atoms. The Labute approximate surface area is 121 Å². The van der Waals surface area contributed by atoms with Crippen LogP contribution in [0.2, 0.25) is 0 Å². The lowest BCUT2D eigenvalue weighted by Crippen LogP contribution is -2.09. The third-order valence-electron chi connectivity index (χ3n) is 4.14. The highest BCUT2D eigenvalue weighted by molar-refractivity contribution is 5.90. The van der Waals surface area contributed by atoms with Crippen LogP contribution in [0.15, 0.2) is 18.2 Å².